The molecule has 22 heavy (non-hydrogen) atoms. The van der Waals surface area contributed by atoms with Crippen molar-refractivity contribution in [2.45, 2.75) is 0 Å². The molecular weight excluding hydrogens is 322 g/mol. The third-order valence-electron chi connectivity index (χ3n) is 2.06. The Labute approximate surface area is 126 Å². The summed E-state index contributed by atoms with van der Waals surface area (Å²) in [5.74, 6) is 0. The van der Waals surface area contributed by atoms with Crippen LogP contribution in [-0.2, 0) is 10.4 Å². The fourth-order valence-corrected chi connectivity index (χ4v) is 1.33. The van der Waals surface area contributed by atoms with Crippen LogP contribution < -0.4 is 10.6 Å². The third kappa shape index (κ3) is 9.84. The van der Waals surface area contributed by atoms with Crippen LogP contribution in [-0.4, -0.2) is 59.0 Å². The third-order valence-corrected chi connectivity index (χ3v) is 2.06. The minimum atomic E-state index is -4.67. The summed E-state index contributed by atoms with van der Waals surface area (Å²) in [5.41, 5.74) is 0.861. The highest BCUT2D eigenvalue weighted by atomic mass is 32.3. The maximum absolute atomic E-state index is 10.8. The van der Waals surface area contributed by atoms with Gasteiger partial charge in [0.2, 0.25) is 0 Å². The fourth-order valence-electron chi connectivity index (χ4n) is 1.33. The van der Waals surface area contributed by atoms with Crippen LogP contribution in [0, 0.1) is 10.1 Å². The first-order valence-electron chi connectivity index (χ1n) is 5.86. The molecule has 0 aromatic heterocycles. The van der Waals surface area contributed by atoms with Crippen LogP contribution in [0.1, 0.15) is 0 Å². The van der Waals surface area contributed by atoms with Gasteiger partial charge in [-0.1, -0.05) is 0 Å². The molecule has 0 spiro atoms. The monoisotopic (exact) mass is 339 g/mol. The number of aliphatic hydroxyl groups excluding tert-OH is 2. The molecule has 0 radical (unpaired) electrons. The molecule has 11 nitrogen and oxygen atoms in total. The Bertz CT molecular complexity index is 570. The maximum atomic E-state index is 10.8. The minimum absolute atomic E-state index is 0.0433. The molecule has 0 aliphatic heterocycles. The lowest BCUT2D eigenvalue weighted by atomic mass is 10.2. The van der Waals surface area contributed by atoms with Gasteiger partial charge in [0, 0.05) is 24.8 Å². The van der Waals surface area contributed by atoms with Crippen molar-refractivity contribution in [1.29, 1.82) is 0 Å². The van der Waals surface area contributed by atoms with Gasteiger partial charge in [-0.2, -0.15) is 8.42 Å². The number of rotatable bonds is 7. The van der Waals surface area contributed by atoms with Crippen molar-refractivity contribution in [3.63, 3.8) is 0 Å². The van der Waals surface area contributed by atoms with E-state index in [2.05, 4.69) is 10.6 Å². The van der Waals surface area contributed by atoms with Gasteiger partial charge < -0.3 is 20.8 Å². The molecule has 0 fully saturated rings. The zero-order valence-electron chi connectivity index (χ0n) is 11.3. The highest BCUT2D eigenvalue weighted by molar-refractivity contribution is 7.79. The predicted molar refractivity (Wildman–Crippen MR) is 78.4 cm³/mol. The van der Waals surface area contributed by atoms with E-state index in [1.807, 2.05) is 0 Å². The van der Waals surface area contributed by atoms with Crippen molar-refractivity contribution in [3.8, 4) is 0 Å². The van der Waals surface area contributed by atoms with Gasteiger partial charge in [-0.15, -0.1) is 0 Å². The second-order valence-corrected chi connectivity index (χ2v) is 4.63. The van der Waals surface area contributed by atoms with Gasteiger partial charge in [0.1, 0.15) is 5.69 Å². The Morgan fingerprint density at radius 3 is 2.05 bits per heavy atom. The molecule has 126 valence electrons. The van der Waals surface area contributed by atoms with E-state index in [-0.39, 0.29) is 25.4 Å². The van der Waals surface area contributed by atoms with Crippen LogP contribution in [0.4, 0.5) is 17.1 Å². The first-order valence-corrected chi connectivity index (χ1v) is 7.26. The van der Waals surface area contributed by atoms with E-state index in [0.29, 0.717) is 17.9 Å². The summed E-state index contributed by atoms with van der Waals surface area (Å²) in [5, 5.41) is 33.7. The second kappa shape index (κ2) is 9.86. The highest BCUT2D eigenvalue weighted by Crippen LogP contribution is 2.27. The van der Waals surface area contributed by atoms with Crippen molar-refractivity contribution >= 4 is 27.5 Å². The summed E-state index contributed by atoms with van der Waals surface area (Å²) in [6.07, 6.45) is 0. The van der Waals surface area contributed by atoms with Crippen LogP contribution >= 0.6 is 0 Å². The molecule has 0 amide bonds. The Hall–Kier alpha value is -1.99. The normalized spacial score (nSPS) is 10.4. The quantitative estimate of drug-likeness (QED) is 0.220. The molecule has 1 aromatic carbocycles. The molecule has 12 heteroatoms. The van der Waals surface area contributed by atoms with Gasteiger partial charge in [-0.25, -0.2) is 0 Å². The van der Waals surface area contributed by atoms with E-state index in [1.54, 1.807) is 12.1 Å². The number of benzene rings is 1. The van der Waals surface area contributed by atoms with Crippen molar-refractivity contribution in [2.24, 2.45) is 0 Å². The lowest BCUT2D eigenvalue weighted by molar-refractivity contribution is -0.383. The van der Waals surface area contributed by atoms with Crippen LogP contribution in [0.2, 0.25) is 0 Å². The van der Waals surface area contributed by atoms with E-state index >= 15 is 0 Å². The molecule has 6 N–H and O–H groups in total. The van der Waals surface area contributed by atoms with E-state index in [9.17, 15) is 10.1 Å². The second-order valence-electron chi connectivity index (χ2n) is 3.74. The number of nitrogens with zero attached hydrogens (tertiary/aromatic N) is 1. The lowest BCUT2D eigenvalue weighted by Gasteiger charge is -2.08. The predicted octanol–water partition coefficient (Wildman–Crippen LogP) is -0.250. The summed E-state index contributed by atoms with van der Waals surface area (Å²) < 4.78 is 31.6. The molecule has 0 aliphatic rings. The average molecular weight is 339 g/mol. The lowest BCUT2D eigenvalue weighted by Crippen LogP contribution is -2.09. The van der Waals surface area contributed by atoms with Crippen LogP contribution in [0.25, 0.3) is 0 Å². The number of nitro benzene ring substituents is 1. The molecule has 0 unspecified atom stereocenters. The Kier molecular flexibility index (Phi) is 8.97. The first-order chi connectivity index (χ1) is 10.2. The summed E-state index contributed by atoms with van der Waals surface area (Å²) in [6.45, 7) is 0.449. The Balaban J connectivity index is 0.000000763. The largest absolute Gasteiger partial charge is 0.395 e. The number of nitrogens with one attached hydrogen (secondary N) is 2. The number of hydrogen-bond acceptors (Lipinski definition) is 8. The Morgan fingerprint density at radius 2 is 1.59 bits per heavy atom. The molecule has 1 rings (SSSR count). The van der Waals surface area contributed by atoms with Gasteiger partial charge in [-0.3, -0.25) is 19.2 Å². The van der Waals surface area contributed by atoms with Crippen molar-refractivity contribution < 1.29 is 32.7 Å². The SMILES string of the molecule is O=S(=O)(O)O.O=[N+]([O-])c1cc(NCCO)ccc1NCCO. The fraction of sp³-hybridized carbons (Fsp3) is 0.400. The standard InChI is InChI=1S/C10H15N3O4.H2O4S/c14-5-3-11-8-1-2-9(12-4-6-15)10(7-8)13(16)17;1-5(2,3)4/h1-2,7,11-12,14-15H,3-6H2;(H2,1,2,3,4). The summed E-state index contributed by atoms with van der Waals surface area (Å²) in [6, 6.07) is 4.62. The summed E-state index contributed by atoms with van der Waals surface area (Å²) in [7, 11) is -4.67. The number of aliphatic hydroxyl groups is 2. The maximum Gasteiger partial charge on any atom is 0.394 e. The van der Waals surface area contributed by atoms with E-state index in [0.717, 1.165) is 0 Å². The van der Waals surface area contributed by atoms with Crippen molar-refractivity contribution in [3.05, 3.63) is 28.3 Å². The topological polar surface area (TPSA) is 182 Å². The number of hydrogen-bond donors (Lipinski definition) is 6. The van der Waals surface area contributed by atoms with Crippen LogP contribution in [0.5, 0.6) is 0 Å². The zero-order valence-corrected chi connectivity index (χ0v) is 12.2. The summed E-state index contributed by atoms with van der Waals surface area (Å²) >= 11 is 0. The smallest absolute Gasteiger partial charge is 0.394 e. The summed E-state index contributed by atoms with van der Waals surface area (Å²) in [4.78, 5) is 10.3. The molecule has 0 saturated heterocycles. The molecule has 1 aromatic rings. The van der Waals surface area contributed by atoms with Gasteiger partial charge in [0.25, 0.3) is 5.69 Å². The molecule has 0 aliphatic carbocycles. The minimum Gasteiger partial charge on any atom is -0.395 e. The van der Waals surface area contributed by atoms with Crippen LogP contribution in [0.15, 0.2) is 18.2 Å². The van der Waals surface area contributed by atoms with Crippen molar-refractivity contribution in [2.75, 3.05) is 36.9 Å². The van der Waals surface area contributed by atoms with Gasteiger partial charge >= 0.3 is 10.4 Å². The first kappa shape index (κ1) is 20.0. The van der Waals surface area contributed by atoms with Gasteiger partial charge in [-0.05, 0) is 12.1 Å². The van der Waals surface area contributed by atoms with Gasteiger partial charge in [0.05, 0.1) is 18.1 Å². The van der Waals surface area contributed by atoms with Crippen molar-refractivity contribution in [1.82, 2.24) is 0 Å². The molecule has 0 saturated carbocycles. The zero-order chi connectivity index (χ0) is 17.2. The van der Waals surface area contributed by atoms with E-state index < -0.39 is 15.3 Å². The molecule has 0 heterocycles. The van der Waals surface area contributed by atoms with E-state index in [4.69, 9.17) is 27.7 Å². The van der Waals surface area contributed by atoms with Gasteiger partial charge in [0.15, 0.2) is 0 Å². The molecule has 0 bridgehead atoms. The molecular formula is C10H17N3O8S. The average Bonchev–Trinajstić information content (AvgIpc) is 2.41. The number of anilines is 2. The highest BCUT2D eigenvalue weighted by Gasteiger charge is 2.13. The molecule has 0 atom stereocenters. The number of nitro groups is 1. The van der Waals surface area contributed by atoms with Crippen LogP contribution in [0.3, 0.4) is 0 Å². The van der Waals surface area contributed by atoms with E-state index in [1.165, 1.54) is 6.07 Å². The Morgan fingerprint density at radius 1 is 1.09 bits per heavy atom.